The van der Waals surface area contributed by atoms with Crippen molar-refractivity contribution in [1.29, 1.82) is 0 Å². The van der Waals surface area contributed by atoms with E-state index in [0.717, 1.165) is 5.56 Å². The Morgan fingerprint density at radius 3 is 2.33 bits per heavy atom. The summed E-state index contributed by atoms with van der Waals surface area (Å²) >= 11 is 5.83. The van der Waals surface area contributed by atoms with Gasteiger partial charge in [0.05, 0.1) is 0 Å². The normalized spacial score (nSPS) is 12.4. The van der Waals surface area contributed by atoms with Crippen LogP contribution in [0.1, 0.15) is 29.8 Å². The summed E-state index contributed by atoms with van der Waals surface area (Å²) in [5.74, 6) is -0.818. The minimum atomic E-state index is -0.705. The number of nitrogens with zero attached hydrogens (tertiary/aromatic N) is 1. The Bertz CT molecular complexity index is 815. The van der Waals surface area contributed by atoms with Crippen molar-refractivity contribution in [3.8, 4) is 0 Å². The van der Waals surface area contributed by atoms with E-state index in [1.807, 2.05) is 50.3 Å². The Kier molecular flexibility index (Phi) is 7.77. The highest BCUT2D eigenvalue weighted by Gasteiger charge is 2.24. The lowest BCUT2D eigenvalue weighted by atomic mass is 10.0. The summed E-state index contributed by atoms with van der Waals surface area (Å²) < 4.78 is 0. The average molecular weight is 384 g/mol. The zero-order chi connectivity index (χ0) is 19.6. The van der Waals surface area contributed by atoms with Crippen molar-refractivity contribution in [3.05, 3.63) is 76.8 Å². The van der Waals surface area contributed by atoms with Crippen LogP contribution < -0.4 is 10.7 Å². The number of rotatable bonds is 7. The molecule has 2 N–H and O–H groups in total. The molecule has 5 nitrogen and oxygen atoms in total. The van der Waals surface area contributed by atoms with Gasteiger partial charge in [-0.15, -0.1) is 0 Å². The Morgan fingerprint density at radius 2 is 1.70 bits per heavy atom. The number of hydrogen-bond acceptors (Lipinski definition) is 3. The third-order valence-electron chi connectivity index (χ3n) is 3.77. The number of hydrazone groups is 1. The van der Waals surface area contributed by atoms with Gasteiger partial charge in [-0.25, -0.2) is 5.43 Å². The molecule has 2 amide bonds. The van der Waals surface area contributed by atoms with Gasteiger partial charge in [-0.3, -0.25) is 9.59 Å². The molecule has 0 radical (unpaired) electrons. The fourth-order valence-corrected chi connectivity index (χ4v) is 2.42. The number of nitrogens with one attached hydrogen (secondary N) is 2. The van der Waals surface area contributed by atoms with Gasteiger partial charge in [0.25, 0.3) is 11.8 Å². The van der Waals surface area contributed by atoms with Gasteiger partial charge >= 0.3 is 0 Å². The molecule has 0 heterocycles. The predicted octanol–water partition coefficient (Wildman–Crippen LogP) is 3.91. The van der Waals surface area contributed by atoms with E-state index in [2.05, 4.69) is 15.8 Å². The van der Waals surface area contributed by atoms with E-state index in [1.165, 1.54) is 6.21 Å². The highest BCUT2D eigenvalue weighted by atomic mass is 35.5. The first-order valence-corrected chi connectivity index (χ1v) is 8.96. The number of allylic oxidation sites excluding steroid dienone is 1. The maximum absolute atomic E-state index is 12.4. The third-order valence-corrected chi connectivity index (χ3v) is 4.02. The number of amides is 2. The number of benzene rings is 2. The second kappa shape index (κ2) is 10.3. The summed E-state index contributed by atoms with van der Waals surface area (Å²) in [5.41, 5.74) is 3.93. The molecule has 1 atom stereocenters. The van der Waals surface area contributed by atoms with Gasteiger partial charge in [0, 0.05) is 16.8 Å². The highest BCUT2D eigenvalue weighted by Crippen LogP contribution is 2.10. The standard InChI is InChI=1S/C21H22ClN3O2/c1-15(2)19(24-20(26)17-10-12-18(22)13-11-17)21(27)25-23-14-6-9-16-7-4-3-5-8-16/h3-15,19H,1-2H3,(H,24,26)(H,25,27). The maximum Gasteiger partial charge on any atom is 0.262 e. The van der Waals surface area contributed by atoms with Crippen LogP contribution >= 0.6 is 11.6 Å². The van der Waals surface area contributed by atoms with Crippen LogP contribution in [-0.4, -0.2) is 24.1 Å². The first-order chi connectivity index (χ1) is 13.0. The Hall–Kier alpha value is -2.92. The summed E-state index contributed by atoms with van der Waals surface area (Å²) in [6, 6.07) is 15.5. The van der Waals surface area contributed by atoms with Gasteiger partial charge in [0.15, 0.2) is 0 Å². The van der Waals surface area contributed by atoms with Crippen molar-refractivity contribution in [2.75, 3.05) is 0 Å². The summed E-state index contributed by atoms with van der Waals surface area (Å²) in [4.78, 5) is 24.7. The van der Waals surface area contributed by atoms with E-state index in [-0.39, 0.29) is 17.7 Å². The first kappa shape index (κ1) is 20.4. The Labute approximate surface area is 164 Å². The lowest BCUT2D eigenvalue weighted by Gasteiger charge is -2.20. The van der Waals surface area contributed by atoms with Crippen molar-refractivity contribution in [2.24, 2.45) is 11.0 Å². The molecular formula is C21H22ClN3O2. The quantitative estimate of drug-likeness (QED) is 0.562. The van der Waals surface area contributed by atoms with Crippen LogP contribution in [0.5, 0.6) is 0 Å². The van der Waals surface area contributed by atoms with Crippen LogP contribution in [0.15, 0.2) is 65.8 Å². The summed E-state index contributed by atoms with van der Waals surface area (Å²) in [7, 11) is 0. The van der Waals surface area contributed by atoms with Gasteiger partial charge in [-0.05, 0) is 41.8 Å². The van der Waals surface area contributed by atoms with E-state index in [0.29, 0.717) is 10.6 Å². The molecule has 27 heavy (non-hydrogen) atoms. The smallest absolute Gasteiger partial charge is 0.262 e. The number of hydrogen-bond donors (Lipinski definition) is 2. The lowest BCUT2D eigenvalue weighted by Crippen LogP contribution is -2.48. The predicted molar refractivity (Wildman–Crippen MR) is 110 cm³/mol. The van der Waals surface area contributed by atoms with Crippen LogP contribution in [-0.2, 0) is 4.79 Å². The first-order valence-electron chi connectivity index (χ1n) is 8.58. The largest absolute Gasteiger partial charge is 0.340 e. The molecular weight excluding hydrogens is 362 g/mol. The molecule has 0 aliphatic carbocycles. The molecule has 2 aromatic carbocycles. The minimum Gasteiger partial charge on any atom is -0.340 e. The summed E-state index contributed by atoms with van der Waals surface area (Å²) in [5, 5.41) is 7.18. The molecule has 0 spiro atoms. The fourth-order valence-electron chi connectivity index (χ4n) is 2.29. The maximum atomic E-state index is 12.4. The van der Waals surface area contributed by atoms with Crippen molar-refractivity contribution in [3.63, 3.8) is 0 Å². The molecule has 0 saturated carbocycles. The van der Waals surface area contributed by atoms with Crippen LogP contribution in [0.4, 0.5) is 0 Å². The minimum absolute atomic E-state index is 0.101. The second-order valence-corrected chi connectivity index (χ2v) is 6.66. The highest BCUT2D eigenvalue weighted by molar-refractivity contribution is 6.30. The lowest BCUT2D eigenvalue weighted by molar-refractivity contribution is -0.123. The van der Waals surface area contributed by atoms with E-state index >= 15 is 0 Å². The van der Waals surface area contributed by atoms with E-state index in [4.69, 9.17) is 11.6 Å². The van der Waals surface area contributed by atoms with E-state index in [1.54, 1.807) is 30.3 Å². The molecule has 0 aromatic heterocycles. The van der Waals surface area contributed by atoms with Crippen molar-refractivity contribution in [1.82, 2.24) is 10.7 Å². The molecule has 2 aromatic rings. The van der Waals surface area contributed by atoms with Gasteiger partial charge in [0.2, 0.25) is 0 Å². The fraction of sp³-hybridized carbons (Fsp3) is 0.190. The molecule has 0 bridgehead atoms. The Morgan fingerprint density at radius 1 is 1.04 bits per heavy atom. The zero-order valence-corrected chi connectivity index (χ0v) is 16.0. The molecule has 0 saturated heterocycles. The molecule has 1 unspecified atom stereocenters. The van der Waals surface area contributed by atoms with Gasteiger partial charge in [-0.1, -0.05) is 61.9 Å². The van der Waals surface area contributed by atoms with Crippen molar-refractivity contribution >= 4 is 35.7 Å². The average Bonchev–Trinajstić information content (AvgIpc) is 2.66. The van der Waals surface area contributed by atoms with Gasteiger partial charge in [-0.2, -0.15) is 5.10 Å². The second-order valence-electron chi connectivity index (χ2n) is 6.23. The third kappa shape index (κ3) is 6.72. The summed E-state index contributed by atoms with van der Waals surface area (Å²) in [6.45, 7) is 3.71. The Balaban J connectivity index is 1.92. The molecule has 0 fully saturated rings. The molecule has 140 valence electrons. The topological polar surface area (TPSA) is 70.6 Å². The van der Waals surface area contributed by atoms with Crippen molar-refractivity contribution in [2.45, 2.75) is 19.9 Å². The van der Waals surface area contributed by atoms with E-state index < -0.39 is 6.04 Å². The van der Waals surface area contributed by atoms with Gasteiger partial charge < -0.3 is 5.32 Å². The number of halogens is 1. The SMILES string of the molecule is CC(C)C(NC(=O)c1ccc(Cl)cc1)C(=O)NN=CC=Cc1ccccc1. The zero-order valence-electron chi connectivity index (χ0n) is 15.2. The molecule has 0 aliphatic rings. The van der Waals surface area contributed by atoms with Crippen LogP contribution in [0.2, 0.25) is 5.02 Å². The van der Waals surface area contributed by atoms with Crippen LogP contribution in [0.25, 0.3) is 6.08 Å². The van der Waals surface area contributed by atoms with Crippen molar-refractivity contribution < 1.29 is 9.59 Å². The van der Waals surface area contributed by atoms with Gasteiger partial charge in [0.1, 0.15) is 6.04 Å². The number of carbonyl (C=O) groups is 2. The van der Waals surface area contributed by atoms with E-state index in [9.17, 15) is 9.59 Å². The summed E-state index contributed by atoms with van der Waals surface area (Å²) in [6.07, 6.45) is 5.09. The van der Waals surface area contributed by atoms with Crippen LogP contribution in [0, 0.1) is 5.92 Å². The van der Waals surface area contributed by atoms with Crippen LogP contribution in [0.3, 0.4) is 0 Å². The number of carbonyl (C=O) groups excluding carboxylic acids is 2. The molecule has 6 heteroatoms. The monoisotopic (exact) mass is 383 g/mol. The molecule has 0 aliphatic heterocycles. The molecule has 2 rings (SSSR count).